The van der Waals surface area contributed by atoms with Crippen LogP contribution in [0.5, 0.6) is 0 Å². The van der Waals surface area contributed by atoms with Gasteiger partial charge in [0.2, 0.25) is 15.9 Å². The van der Waals surface area contributed by atoms with Crippen molar-refractivity contribution in [2.45, 2.75) is 32.7 Å². The number of sulfonamides is 1. The molecule has 1 aromatic carbocycles. The molecule has 6 nitrogen and oxygen atoms in total. The number of benzene rings is 1. The van der Waals surface area contributed by atoms with Crippen LogP contribution in [0.3, 0.4) is 0 Å². The van der Waals surface area contributed by atoms with Crippen molar-refractivity contribution in [3.8, 4) is 0 Å². The number of likely N-dealkylation sites (tertiary alicyclic amines) is 1. The molecule has 1 N–H and O–H groups in total. The molecule has 152 valence electrons. The molecular formula is C19H30ClN3O3S. The van der Waals surface area contributed by atoms with Gasteiger partial charge in [-0.2, -0.15) is 4.31 Å². The third-order valence-electron chi connectivity index (χ3n) is 4.81. The predicted octanol–water partition coefficient (Wildman–Crippen LogP) is 2.34. The largest absolute Gasteiger partial charge is 0.355 e. The lowest BCUT2D eigenvalue weighted by Crippen LogP contribution is -2.41. The van der Waals surface area contributed by atoms with E-state index in [0.717, 1.165) is 42.5 Å². The molecule has 1 saturated heterocycles. The van der Waals surface area contributed by atoms with E-state index in [0.29, 0.717) is 17.1 Å². The maximum Gasteiger partial charge on any atom is 0.235 e. The van der Waals surface area contributed by atoms with Gasteiger partial charge >= 0.3 is 0 Å². The van der Waals surface area contributed by atoms with Gasteiger partial charge in [0.05, 0.1) is 12.8 Å². The molecule has 1 aliphatic heterocycles. The second-order valence-corrected chi connectivity index (χ2v) is 9.76. The average molecular weight is 416 g/mol. The van der Waals surface area contributed by atoms with Gasteiger partial charge in [-0.25, -0.2) is 8.42 Å². The first kappa shape index (κ1) is 22.1. The Bertz CT molecular complexity index is 727. The van der Waals surface area contributed by atoms with Gasteiger partial charge in [0.25, 0.3) is 0 Å². The Morgan fingerprint density at radius 2 is 2.11 bits per heavy atom. The fraction of sp³-hybridized carbons (Fsp3) is 0.632. The lowest BCUT2D eigenvalue weighted by atomic mass is 10.0. The summed E-state index contributed by atoms with van der Waals surface area (Å²) in [4.78, 5) is 14.6. The molecule has 8 heteroatoms. The van der Waals surface area contributed by atoms with Gasteiger partial charge < -0.3 is 10.2 Å². The Morgan fingerprint density at radius 1 is 1.37 bits per heavy atom. The lowest BCUT2D eigenvalue weighted by Gasteiger charge is -2.30. The van der Waals surface area contributed by atoms with E-state index in [2.05, 4.69) is 17.1 Å². The number of hydrogen-bond acceptors (Lipinski definition) is 4. The first-order valence-corrected chi connectivity index (χ1v) is 11.7. The van der Waals surface area contributed by atoms with Crippen molar-refractivity contribution in [3.63, 3.8) is 0 Å². The smallest absolute Gasteiger partial charge is 0.235 e. The number of piperidine rings is 1. The zero-order chi connectivity index (χ0) is 19.9. The normalized spacial score (nSPS) is 18.6. The van der Waals surface area contributed by atoms with E-state index in [9.17, 15) is 13.2 Å². The molecule has 1 fully saturated rings. The highest BCUT2D eigenvalue weighted by molar-refractivity contribution is 7.88. The molecule has 0 radical (unpaired) electrons. The Morgan fingerprint density at radius 3 is 2.78 bits per heavy atom. The molecule has 1 aromatic rings. The summed E-state index contributed by atoms with van der Waals surface area (Å²) in [6.07, 6.45) is 4.50. The number of hydrogen-bond donors (Lipinski definition) is 1. The van der Waals surface area contributed by atoms with Gasteiger partial charge in [-0.05, 0) is 49.9 Å². The molecule has 1 aliphatic rings. The first-order chi connectivity index (χ1) is 12.8. The molecular weight excluding hydrogens is 386 g/mol. The highest BCUT2D eigenvalue weighted by Gasteiger charge is 2.21. The van der Waals surface area contributed by atoms with Crippen LogP contribution in [-0.2, 0) is 21.4 Å². The number of amides is 1. The van der Waals surface area contributed by atoms with Crippen molar-refractivity contribution in [3.05, 3.63) is 34.9 Å². The summed E-state index contributed by atoms with van der Waals surface area (Å²) >= 11 is 6.11. The molecule has 0 aliphatic carbocycles. The minimum Gasteiger partial charge on any atom is -0.355 e. The fourth-order valence-electron chi connectivity index (χ4n) is 3.34. The SMILES string of the molecule is C[C@H]1CCCN(CCCNC(=O)CN(Cc2ccccc2Cl)S(C)(=O)=O)C1. The van der Waals surface area contributed by atoms with Crippen molar-refractivity contribution < 1.29 is 13.2 Å². The van der Waals surface area contributed by atoms with Crippen molar-refractivity contribution in [2.24, 2.45) is 5.92 Å². The van der Waals surface area contributed by atoms with Crippen molar-refractivity contribution in [1.29, 1.82) is 0 Å². The maximum absolute atomic E-state index is 12.2. The van der Waals surface area contributed by atoms with Crippen LogP contribution in [0, 0.1) is 5.92 Å². The third-order valence-corrected chi connectivity index (χ3v) is 6.37. The number of carbonyl (C=O) groups is 1. The molecule has 27 heavy (non-hydrogen) atoms. The molecule has 0 bridgehead atoms. The minimum absolute atomic E-state index is 0.0809. The number of rotatable bonds is 9. The van der Waals surface area contributed by atoms with Gasteiger partial charge in [-0.1, -0.05) is 36.7 Å². The van der Waals surface area contributed by atoms with Crippen LogP contribution in [0.4, 0.5) is 0 Å². The maximum atomic E-state index is 12.2. The summed E-state index contributed by atoms with van der Waals surface area (Å²) in [6, 6.07) is 7.05. The molecule has 0 saturated carbocycles. The Labute approximate surface area is 167 Å². The van der Waals surface area contributed by atoms with Crippen molar-refractivity contribution >= 4 is 27.5 Å². The Hall–Kier alpha value is -1.15. The van der Waals surface area contributed by atoms with E-state index in [1.54, 1.807) is 24.3 Å². The second-order valence-electron chi connectivity index (χ2n) is 7.37. The summed E-state index contributed by atoms with van der Waals surface area (Å²) in [5, 5.41) is 3.32. The molecule has 0 aromatic heterocycles. The average Bonchev–Trinajstić information content (AvgIpc) is 2.59. The van der Waals surface area contributed by atoms with Gasteiger partial charge in [-0.3, -0.25) is 4.79 Å². The van der Waals surface area contributed by atoms with E-state index >= 15 is 0 Å². The molecule has 0 spiro atoms. The zero-order valence-electron chi connectivity index (χ0n) is 16.2. The minimum atomic E-state index is -3.52. The molecule has 0 unspecified atom stereocenters. The van der Waals surface area contributed by atoms with E-state index in [1.165, 1.54) is 12.8 Å². The van der Waals surface area contributed by atoms with E-state index in [4.69, 9.17) is 11.6 Å². The van der Waals surface area contributed by atoms with Gasteiger partial charge in [0.1, 0.15) is 0 Å². The summed E-state index contributed by atoms with van der Waals surface area (Å²) in [6.45, 7) is 5.90. The van der Waals surface area contributed by atoms with Gasteiger partial charge in [0.15, 0.2) is 0 Å². The monoisotopic (exact) mass is 415 g/mol. The predicted molar refractivity (Wildman–Crippen MR) is 109 cm³/mol. The zero-order valence-corrected chi connectivity index (χ0v) is 17.7. The van der Waals surface area contributed by atoms with Crippen molar-refractivity contribution in [2.75, 3.05) is 39.0 Å². The quantitative estimate of drug-likeness (QED) is 0.628. The van der Waals surface area contributed by atoms with E-state index in [1.807, 2.05) is 0 Å². The van der Waals surface area contributed by atoms with Crippen LogP contribution in [0.25, 0.3) is 0 Å². The Balaban J connectivity index is 1.79. The highest BCUT2D eigenvalue weighted by atomic mass is 35.5. The molecule has 1 heterocycles. The molecule has 1 amide bonds. The van der Waals surface area contributed by atoms with E-state index in [-0.39, 0.29) is 19.0 Å². The van der Waals surface area contributed by atoms with Gasteiger partial charge in [0, 0.05) is 24.7 Å². The first-order valence-electron chi connectivity index (χ1n) is 9.43. The van der Waals surface area contributed by atoms with Crippen LogP contribution in [0.1, 0.15) is 31.7 Å². The lowest BCUT2D eigenvalue weighted by molar-refractivity contribution is -0.121. The standard InChI is InChI=1S/C19H30ClN3O3S/c1-16-7-5-11-22(13-16)12-6-10-21-19(24)15-23(27(2,25)26)14-17-8-3-4-9-18(17)20/h3-4,8-9,16H,5-7,10-15H2,1-2H3,(H,21,24)/t16-/m0/s1. The Kier molecular flexibility index (Phi) is 8.54. The highest BCUT2D eigenvalue weighted by Crippen LogP contribution is 2.18. The summed E-state index contributed by atoms with van der Waals surface area (Å²) in [7, 11) is -3.52. The number of nitrogens with zero attached hydrogens (tertiary/aromatic N) is 2. The van der Waals surface area contributed by atoms with Gasteiger partial charge in [-0.15, -0.1) is 0 Å². The van der Waals surface area contributed by atoms with E-state index < -0.39 is 10.0 Å². The summed E-state index contributed by atoms with van der Waals surface area (Å²) in [5.74, 6) is 0.445. The third kappa shape index (κ3) is 7.78. The van der Waals surface area contributed by atoms with Crippen LogP contribution in [0.15, 0.2) is 24.3 Å². The van der Waals surface area contributed by atoms with Crippen LogP contribution in [-0.4, -0.2) is 62.5 Å². The topological polar surface area (TPSA) is 69.7 Å². The summed E-state index contributed by atoms with van der Waals surface area (Å²) < 4.78 is 25.2. The fourth-order valence-corrected chi connectivity index (χ4v) is 4.26. The van der Waals surface area contributed by atoms with Crippen LogP contribution >= 0.6 is 11.6 Å². The molecule has 1 atom stereocenters. The van der Waals surface area contributed by atoms with Crippen LogP contribution < -0.4 is 5.32 Å². The molecule has 2 rings (SSSR count). The number of carbonyl (C=O) groups excluding carboxylic acids is 1. The number of halogens is 1. The van der Waals surface area contributed by atoms with Crippen molar-refractivity contribution in [1.82, 2.24) is 14.5 Å². The second kappa shape index (κ2) is 10.4. The van der Waals surface area contributed by atoms with Crippen LogP contribution in [0.2, 0.25) is 5.02 Å². The number of nitrogens with one attached hydrogen (secondary N) is 1. The summed E-state index contributed by atoms with van der Waals surface area (Å²) in [5.41, 5.74) is 0.677.